The van der Waals surface area contributed by atoms with Crippen molar-refractivity contribution >= 4 is 29.3 Å². The number of carbonyl (C=O) groups is 2. The number of anilines is 1. The van der Waals surface area contributed by atoms with Crippen molar-refractivity contribution in [3.8, 4) is 6.07 Å². The van der Waals surface area contributed by atoms with Crippen LogP contribution in [0.4, 0.5) is 10.1 Å². The number of nitriles is 1. The number of hydrogen-bond acceptors (Lipinski definition) is 4. The topological polar surface area (TPSA) is 73.2 Å². The Labute approximate surface area is 208 Å². The maximum absolute atomic E-state index is 14.3. The Morgan fingerprint density at radius 1 is 1.03 bits per heavy atom. The highest BCUT2D eigenvalue weighted by Gasteiger charge is 2.41. The van der Waals surface area contributed by atoms with Crippen LogP contribution in [0.15, 0.2) is 89.5 Å². The zero-order valence-corrected chi connectivity index (χ0v) is 20.0. The van der Waals surface area contributed by atoms with E-state index >= 15 is 0 Å². The smallest absolute Gasteiger partial charge is 0.264 e. The predicted octanol–water partition coefficient (Wildman–Crippen LogP) is 5.13. The molecule has 5 nitrogen and oxygen atoms in total. The number of nitrogens with one attached hydrogen (secondary N) is 1. The Bertz CT molecular complexity index is 1300. The summed E-state index contributed by atoms with van der Waals surface area (Å²) in [6, 6.07) is 25.1. The molecule has 1 heterocycles. The standard InChI is InChI=1S/C28H24FN3O2S/c1-2-19-12-14-22(15-13-19)32-27(34)25(16-21-10-6-7-11-24(21)29)35-28(32)23(17-30)26(33)31-18-20-8-4-3-5-9-20/h3-15,25H,2,16,18H2,1H3,(H,31,33)/b28-23-. The molecular weight excluding hydrogens is 461 g/mol. The van der Waals surface area contributed by atoms with Crippen LogP contribution in [0.1, 0.15) is 23.6 Å². The van der Waals surface area contributed by atoms with E-state index in [1.54, 1.807) is 30.3 Å². The van der Waals surface area contributed by atoms with Crippen molar-refractivity contribution in [1.82, 2.24) is 5.32 Å². The quantitative estimate of drug-likeness (QED) is 0.372. The average Bonchev–Trinajstić information content (AvgIpc) is 3.20. The molecule has 0 saturated carbocycles. The van der Waals surface area contributed by atoms with Gasteiger partial charge in [-0.15, -0.1) is 0 Å². The van der Waals surface area contributed by atoms with Crippen molar-refractivity contribution in [2.45, 2.75) is 31.6 Å². The number of thioether (sulfide) groups is 1. The fraction of sp³-hybridized carbons (Fsp3) is 0.179. The van der Waals surface area contributed by atoms with Crippen molar-refractivity contribution < 1.29 is 14.0 Å². The van der Waals surface area contributed by atoms with Crippen molar-refractivity contribution in [3.05, 3.63) is 112 Å². The molecule has 0 bridgehead atoms. The largest absolute Gasteiger partial charge is 0.347 e. The number of halogens is 1. The molecule has 1 atom stereocenters. The molecule has 0 aromatic heterocycles. The van der Waals surface area contributed by atoms with Gasteiger partial charge in [0.2, 0.25) is 5.91 Å². The lowest BCUT2D eigenvalue weighted by Gasteiger charge is -2.19. The Morgan fingerprint density at radius 3 is 2.37 bits per heavy atom. The first-order valence-corrected chi connectivity index (χ1v) is 12.2. The van der Waals surface area contributed by atoms with Gasteiger partial charge < -0.3 is 5.32 Å². The third-order valence-corrected chi connectivity index (χ3v) is 7.03. The summed E-state index contributed by atoms with van der Waals surface area (Å²) in [6.07, 6.45) is 0.987. The van der Waals surface area contributed by atoms with Crippen LogP contribution < -0.4 is 10.2 Å². The minimum Gasteiger partial charge on any atom is -0.347 e. The van der Waals surface area contributed by atoms with Crippen LogP contribution >= 0.6 is 11.8 Å². The summed E-state index contributed by atoms with van der Waals surface area (Å²) in [5.41, 5.74) is 2.82. The molecule has 1 unspecified atom stereocenters. The third-order valence-electron chi connectivity index (χ3n) is 5.77. The van der Waals surface area contributed by atoms with E-state index in [4.69, 9.17) is 0 Å². The first kappa shape index (κ1) is 24.2. The van der Waals surface area contributed by atoms with Gasteiger partial charge in [0.25, 0.3) is 5.91 Å². The van der Waals surface area contributed by atoms with Gasteiger partial charge in [0.15, 0.2) is 0 Å². The second kappa shape index (κ2) is 11.0. The Hall–Kier alpha value is -3.89. The van der Waals surface area contributed by atoms with E-state index in [2.05, 4.69) is 5.32 Å². The second-order valence-corrected chi connectivity index (χ2v) is 9.25. The van der Waals surface area contributed by atoms with Gasteiger partial charge in [-0.1, -0.05) is 79.3 Å². The van der Waals surface area contributed by atoms with Gasteiger partial charge in [0.1, 0.15) is 22.5 Å². The van der Waals surface area contributed by atoms with E-state index in [1.165, 1.54) is 11.0 Å². The molecule has 1 fully saturated rings. The van der Waals surface area contributed by atoms with Gasteiger partial charge in [0.05, 0.1) is 5.25 Å². The van der Waals surface area contributed by atoms with Crippen LogP contribution in [0.5, 0.6) is 0 Å². The highest BCUT2D eigenvalue weighted by Crippen LogP contribution is 2.42. The van der Waals surface area contributed by atoms with Crippen LogP contribution in [0.25, 0.3) is 0 Å². The van der Waals surface area contributed by atoms with Crippen LogP contribution in [0, 0.1) is 17.1 Å². The molecule has 3 aromatic rings. The lowest BCUT2D eigenvalue weighted by Crippen LogP contribution is -2.32. The first-order chi connectivity index (χ1) is 17.0. The third kappa shape index (κ3) is 5.44. The fourth-order valence-corrected chi connectivity index (χ4v) is 5.13. The Morgan fingerprint density at radius 2 is 1.71 bits per heavy atom. The molecule has 0 aliphatic carbocycles. The SMILES string of the molecule is CCc1ccc(N2C(=O)C(Cc3ccccc3F)S/C2=C(/C#N)C(=O)NCc2ccccc2)cc1. The minimum absolute atomic E-state index is 0.144. The number of amides is 2. The normalized spacial score (nSPS) is 16.7. The van der Waals surface area contributed by atoms with Gasteiger partial charge in [0, 0.05) is 12.2 Å². The van der Waals surface area contributed by atoms with E-state index in [1.807, 2.05) is 55.5 Å². The van der Waals surface area contributed by atoms with Crippen molar-refractivity contribution in [2.24, 2.45) is 0 Å². The fourth-order valence-electron chi connectivity index (χ4n) is 3.83. The molecule has 1 aliphatic rings. The predicted molar refractivity (Wildman–Crippen MR) is 136 cm³/mol. The maximum Gasteiger partial charge on any atom is 0.264 e. The van der Waals surface area contributed by atoms with Crippen molar-refractivity contribution in [1.29, 1.82) is 5.26 Å². The molecule has 0 radical (unpaired) electrons. The van der Waals surface area contributed by atoms with Crippen LogP contribution in [0.3, 0.4) is 0 Å². The molecule has 4 rings (SSSR count). The zero-order chi connectivity index (χ0) is 24.8. The Kier molecular flexibility index (Phi) is 7.64. The monoisotopic (exact) mass is 485 g/mol. The molecule has 1 saturated heterocycles. The number of hydrogen-bond donors (Lipinski definition) is 1. The number of rotatable bonds is 7. The van der Waals surface area contributed by atoms with E-state index in [-0.39, 0.29) is 29.5 Å². The summed E-state index contributed by atoms with van der Waals surface area (Å²) in [5.74, 6) is -1.24. The van der Waals surface area contributed by atoms with Gasteiger partial charge >= 0.3 is 0 Å². The molecule has 2 amide bonds. The second-order valence-electron chi connectivity index (χ2n) is 8.06. The van der Waals surface area contributed by atoms with Crippen LogP contribution in [-0.2, 0) is 29.0 Å². The lowest BCUT2D eigenvalue weighted by molar-refractivity contribution is -0.117. The first-order valence-electron chi connectivity index (χ1n) is 11.3. The Balaban J connectivity index is 1.68. The summed E-state index contributed by atoms with van der Waals surface area (Å²) in [7, 11) is 0. The highest BCUT2D eigenvalue weighted by atomic mass is 32.2. The lowest BCUT2D eigenvalue weighted by atomic mass is 10.1. The molecule has 0 spiro atoms. The highest BCUT2D eigenvalue weighted by molar-refractivity contribution is 8.05. The van der Waals surface area contributed by atoms with Crippen LogP contribution in [-0.4, -0.2) is 17.1 Å². The molecular formula is C28H24FN3O2S. The molecule has 176 valence electrons. The number of carbonyl (C=O) groups excluding carboxylic acids is 2. The van der Waals surface area contributed by atoms with E-state index in [0.717, 1.165) is 29.3 Å². The van der Waals surface area contributed by atoms with Gasteiger partial charge in [-0.3, -0.25) is 14.5 Å². The summed E-state index contributed by atoms with van der Waals surface area (Å²) < 4.78 is 14.3. The summed E-state index contributed by atoms with van der Waals surface area (Å²) in [6.45, 7) is 2.28. The van der Waals surface area contributed by atoms with Gasteiger partial charge in [-0.05, 0) is 47.7 Å². The maximum atomic E-state index is 14.3. The van der Waals surface area contributed by atoms with E-state index in [0.29, 0.717) is 11.3 Å². The van der Waals surface area contributed by atoms with Gasteiger partial charge in [-0.2, -0.15) is 5.26 Å². The van der Waals surface area contributed by atoms with E-state index in [9.17, 15) is 19.2 Å². The molecule has 3 aromatic carbocycles. The number of nitrogens with zero attached hydrogens (tertiary/aromatic N) is 2. The van der Waals surface area contributed by atoms with Crippen LogP contribution in [0.2, 0.25) is 0 Å². The molecule has 35 heavy (non-hydrogen) atoms. The minimum atomic E-state index is -0.668. The molecule has 1 N–H and O–H groups in total. The molecule has 7 heteroatoms. The van der Waals surface area contributed by atoms with E-state index < -0.39 is 17.0 Å². The van der Waals surface area contributed by atoms with Crippen molar-refractivity contribution in [2.75, 3.05) is 4.90 Å². The summed E-state index contributed by atoms with van der Waals surface area (Å²) in [4.78, 5) is 28.0. The van der Waals surface area contributed by atoms with Crippen molar-refractivity contribution in [3.63, 3.8) is 0 Å². The molecule has 1 aliphatic heterocycles. The van der Waals surface area contributed by atoms with Gasteiger partial charge in [-0.25, -0.2) is 4.39 Å². The summed E-state index contributed by atoms with van der Waals surface area (Å²) >= 11 is 1.12. The number of benzene rings is 3. The average molecular weight is 486 g/mol. The number of aryl methyl sites for hydroxylation is 1. The summed E-state index contributed by atoms with van der Waals surface area (Å²) in [5, 5.41) is 12.3. The zero-order valence-electron chi connectivity index (χ0n) is 19.2.